The molecule has 0 saturated heterocycles. The molecule has 0 bridgehead atoms. The summed E-state index contributed by atoms with van der Waals surface area (Å²) in [7, 11) is -0.735. The Morgan fingerprint density at radius 2 is 0.786 bits per heavy atom. The molecular formula is C13H40Si. The van der Waals surface area contributed by atoms with Gasteiger partial charge in [-0.25, -0.2) is 0 Å². The maximum absolute atomic E-state index is 3.00. The van der Waals surface area contributed by atoms with Crippen molar-refractivity contribution in [3.8, 4) is 0 Å². The Hall–Kier alpha value is -0.0431. The van der Waals surface area contributed by atoms with Crippen LogP contribution in [0.1, 0.15) is 51.0 Å². The van der Waals surface area contributed by atoms with Crippen molar-refractivity contribution in [2.45, 2.75) is 76.2 Å². The van der Waals surface area contributed by atoms with E-state index in [9.17, 15) is 0 Å². The highest BCUT2D eigenvalue weighted by Gasteiger charge is 2.16. The molecule has 0 aromatic rings. The van der Waals surface area contributed by atoms with Crippen LogP contribution in [-0.4, -0.2) is 8.07 Å². The fourth-order valence-corrected chi connectivity index (χ4v) is 0. The van der Waals surface area contributed by atoms with E-state index in [-0.39, 0.29) is 37.1 Å². The van der Waals surface area contributed by atoms with Gasteiger partial charge in [0, 0.05) is 8.07 Å². The highest BCUT2D eigenvalue weighted by atomic mass is 28.3. The largest absolute Gasteiger partial charge is 0.106 e. The Balaban J connectivity index is -0.0000000132. The van der Waals surface area contributed by atoms with Gasteiger partial charge in [-0.05, 0) is 0 Å². The zero-order valence-electron chi connectivity index (χ0n) is 7.49. The van der Waals surface area contributed by atoms with Gasteiger partial charge in [-0.3, -0.25) is 0 Å². The van der Waals surface area contributed by atoms with Crippen LogP contribution in [0.15, 0.2) is 13.2 Å². The normalized spacial score (nSPS) is 6.71. The lowest BCUT2D eigenvalue weighted by atomic mass is 10.6. The number of hydrogen-bond acceptors (Lipinski definition) is 0. The van der Waals surface area contributed by atoms with Gasteiger partial charge in [0.15, 0.2) is 0 Å². The van der Waals surface area contributed by atoms with Crippen LogP contribution in [0.4, 0.5) is 0 Å². The standard InChI is InChI=1S/C6H16Si.C2H4.5CH4/c1-6(2)7(3,4)5;1-2;;;;;/h6H,1-5H3;1-2H2;5*1H4. The Bertz CT molecular complexity index is 60.1. The third-order valence-electron chi connectivity index (χ3n) is 1.73. The van der Waals surface area contributed by atoms with Crippen molar-refractivity contribution in [1.29, 1.82) is 0 Å². The fourth-order valence-electron chi connectivity index (χ4n) is 0. The van der Waals surface area contributed by atoms with Crippen molar-refractivity contribution in [3.05, 3.63) is 13.2 Å². The second-order valence-electron chi connectivity index (χ2n) is 3.52. The van der Waals surface area contributed by atoms with E-state index >= 15 is 0 Å². The zero-order valence-corrected chi connectivity index (χ0v) is 8.49. The Kier molecular flexibility index (Phi) is 79.8. The third-order valence-corrected chi connectivity index (χ3v) is 5.20. The van der Waals surface area contributed by atoms with Crippen LogP contribution in [0.3, 0.4) is 0 Å². The molecule has 0 spiro atoms. The van der Waals surface area contributed by atoms with Gasteiger partial charge in [0.1, 0.15) is 0 Å². The van der Waals surface area contributed by atoms with Crippen molar-refractivity contribution < 1.29 is 0 Å². The first kappa shape index (κ1) is 48.4. The molecule has 0 unspecified atom stereocenters. The second kappa shape index (κ2) is 23.1. The quantitative estimate of drug-likeness (QED) is 0.343. The Morgan fingerprint density at radius 3 is 0.786 bits per heavy atom. The average Bonchev–Trinajstić information content (AvgIpc) is 1.69. The average molecular weight is 225 g/mol. The van der Waals surface area contributed by atoms with Gasteiger partial charge in [0.05, 0.1) is 0 Å². The lowest BCUT2D eigenvalue weighted by Gasteiger charge is -2.19. The summed E-state index contributed by atoms with van der Waals surface area (Å²) in [5.74, 6) is 0. The molecule has 0 heterocycles. The summed E-state index contributed by atoms with van der Waals surface area (Å²) in [6, 6.07) is 0. The molecule has 14 heavy (non-hydrogen) atoms. The molecule has 1 heteroatoms. The first-order valence-corrected chi connectivity index (χ1v) is 7.02. The molecule has 0 aliphatic rings. The molecule has 0 radical (unpaired) electrons. The van der Waals surface area contributed by atoms with E-state index in [2.05, 4.69) is 46.6 Å². The van der Waals surface area contributed by atoms with Crippen molar-refractivity contribution in [1.82, 2.24) is 0 Å². The van der Waals surface area contributed by atoms with Crippen LogP contribution in [-0.2, 0) is 0 Å². The van der Waals surface area contributed by atoms with Crippen LogP contribution >= 0.6 is 0 Å². The van der Waals surface area contributed by atoms with Crippen molar-refractivity contribution in [2.75, 3.05) is 0 Å². The molecular weight excluding hydrogens is 184 g/mol. The van der Waals surface area contributed by atoms with Crippen LogP contribution in [0.5, 0.6) is 0 Å². The molecule has 0 N–H and O–H groups in total. The van der Waals surface area contributed by atoms with Gasteiger partial charge in [-0.15, -0.1) is 13.2 Å². The molecule has 0 rings (SSSR count). The van der Waals surface area contributed by atoms with E-state index in [0.29, 0.717) is 0 Å². The predicted octanol–water partition coefficient (Wildman–Crippen LogP) is 6.72. The maximum Gasteiger partial charge on any atom is 0.0468 e. The molecule has 0 atom stereocenters. The minimum absolute atomic E-state index is 0. The van der Waals surface area contributed by atoms with Crippen molar-refractivity contribution >= 4 is 8.07 Å². The minimum atomic E-state index is -0.735. The van der Waals surface area contributed by atoms with Crippen LogP contribution in [0, 0.1) is 0 Å². The molecule has 0 aliphatic carbocycles. The van der Waals surface area contributed by atoms with E-state index in [0.717, 1.165) is 5.54 Å². The van der Waals surface area contributed by atoms with Crippen molar-refractivity contribution in [2.24, 2.45) is 0 Å². The SMILES string of the molecule is C.C.C.C.C.C=C.CC(C)[Si](C)(C)C. The fraction of sp³-hybridized carbons (Fsp3) is 0.846. The molecule has 0 saturated carbocycles. The van der Waals surface area contributed by atoms with Gasteiger partial charge < -0.3 is 0 Å². The first-order chi connectivity index (χ1) is 3.94. The predicted molar refractivity (Wildman–Crippen MR) is 83.4 cm³/mol. The smallest absolute Gasteiger partial charge is 0.0468 e. The van der Waals surface area contributed by atoms with Gasteiger partial charge >= 0.3 is 0 Å². The summed E-state index contributed by atoms with van der Waals surface area (Å²) < 4.78 is 0. The molecule has 0 aromatic carbocycles. The molecule has 0 nitrogen and oxygen atoms in total. The first-order valence-electron chi connectivity index (χ1n) is 3.44. The topological polar surface area (TPSA) is 0 Å². The number of hydrogen-bond donors (Lipinski definition) is 0. The molecule has 0 fully saturated rings. The minimum Gasteiger partial charge on any atom is -0.106 e. The summed E-state index contributed by atoms with van der Waals surface area (Å²) in [5.41, 5.74) is 0.937. The van der Waals surface area contributed by atoms with Crippen molar-refractivity contribution in [3.63, 3.8) is 0 Å². The van der Waals surface area contributed by atoms with Crippen LogP contribution in [0.2, 0.25) is 25.2 Å². The van der Waals surface area contributed by atoms with E-state index in [1.54, 1.807) is 0 Å². The summed E-state index contributed by atoms with van der Waals surface area (Å²) in [6.45, 7) is 17.8. The van der Waals surface area contributed by atoms with E-state index in [1.165, 1.54) is 0 Å². The lowest BCUT2D eigenvalue weighted by molar-refractivity contribution is 1.01. The molecule has 96 valence electrons. The van der Waals surface area contributed by atoms with Gasteiger partial charge in [0.25, 0.3) is 0 Å². The van der Waals surface area contributed by atoms with E-state index in [4.69, 9.17) is 0 Å². The third kappa shape index (κ3) is 40.5. The molecule has 0 aromatic heterocycles. The Labute approximate surface area is 97.8 Å². The summed E-state index contributed by atoms with van der Waals surface area (Å²) >= 11 is 0. The zero-order chi connectivity index (χ0) is 8.08. The van der Waals surface area contributed by atoms with Gasteiger partial charge in [-0.2, -0.15) is 0 Å². The molecule has 0 amide bonds. The summed E-state index contributed by atoms with van der Waals surface area (Å²) in [6.07, 6.45) is 0. The Morgan fingerprint density at radius 1 is 0.714 bits per heavy atom. The van der Waals surface area contributed by atoms with Gasteiger partial charge in [0.2, 0.25) is 0 Å². The highest BCUT2D eigenvalue weighted by molar-refractivity contribution is 6.77. The highest BCUT2D eigenvalue weighted by Crippen LogP contribution is 2.18. The van der Waals surface area contributed by atoms with Crippen LogP contribution < -0.4 is 0 Å². The van der Waals surface area contributed by atoms with E-state index < -0.39 is 8.07 Å². The summed E-state index contributed by atoms with van der Waals surface area (Å²) in [5, 5.41) is 0. The maximum atomic E-state index is 3.00. The monoisotopic (exact) mass is 224 g/mol. The van der Waals surface area contributed by atoms with Crippen LogP contribution in [0.25, 0.3) is 0 Å². The molecule has 0 aliphatic heterocycles. The number of rotatable bonds is 1. The van der Waals surface area contributed by atoms with E-state index in [1.807, 2.05) is 0 Å². The second-order valence-corrected chi connectivity index (χ2v) is 9.41. The summed E-state index contributed by atoms with van der Waals surface area (Å²) in [4.78, 5) is 0. The lowest BCUT2D eigenvalue weighted by Crippen LogP contribution is -2.23. The van der Waals surface area contributed by atoms with Gasteiger partial charge in [-0.1, -0.05) is 76.2 Å².